The highest BCUT2D eigenvalue weighted by molar-refractivity contribution is 7.10. The van der Waals surface area contributed by atoms with Crippen LogP contribution < -0.4 is 4.90 Å². The molecule has 0 amide bonds. The molecule has 2 aromatic heterocycles. The number of thiophene rings is 1. The van der Waals surface area contributed by atoms with Crippen molar-refractivity contribution >= 4 is 17.2 Å². The lowest BCUT2D eigenvalue weighted by Crippen LogP contribution is -2.42. The molecule has 3 aliphatic rings. The molecule has 3 fully saturated rings. The summed E-state index contributed by atoms with van der Waals surface area (Å²) in [6, 6.07) is 15.4. The lowest BCUT2D eigenvalue weighted by atomic mass is 9.77. The van der Waals surface area contributed by atoms with E-state index in [0.29, 0.717) is 11.8 Å². The molecule has 0 bridgehead atoms. The van der Waals surface area contributed by atoms with Crippen molar-refractivity contribution < 1.29 is 13.9 Å². The molecule has 1 aromatic carbocycles. The normalized spacial score (nSPS) is 24.6. The maximum atomic E-state index is 6.77. The first kappa shape index (κ1) is 24.2. The quantitative estimate of drug-likeness (QED) is 0.420. The van der Waals surface area contributed by atoms with Crippen LogP contribution in [0, 0.1) is 5.92 Å². The number of morpholine rings is 2. The largest absolute Gasteiger partial charge is 0.423 e. The third-order valence-corrected chi connectivity index (χ3v) is 9.10. The fourth-order valence-electron chi connectivity index (χ4n) is 6.16. The Kier molecular flexibility index (Phi) is 7.70. The zero-order valence-corrected chi connectivity index (χ0v) is 21.8. The zero-order valence-electron chi connectivity index (χ0n) is 21.0. The molecular formula is C29H37N3O3S. The van der Waals surface area contributed by atoms with Gasteiger partial charge in [-0.15, -0.1) is 11.3 Å². The first-order valence-corrected chi connectivity index (χ1v) is 14.4. The second kappa shape index (κ2) is 11.5. The highest BCUT2D eigenvalue weighted by Crippen LogP contribution is 2.45. The van der Waals surface area contributed by atoms with Crippen molar-refractivity contribution in [2.45, 2.75) is 44.1 Å². The van der Waals surface area contributed by atoms with Gasteiger partial charge >= 0.3 is 0 Å². The molecule has 0 radical (unpaired) electrons. The molecular weight excluding hydrogens is 470 g/mol. The number of hydrogen-bond donors (Lipinski definition) is 0. The van der Waals surface area contributed by atoms with E-state index >= 15 is 0 Å². The fraction of sp³-hybridized carbons (Fsp3) is 0.552. The molecule has 0 spiro atoms. The van der Waals surface area contributed by atoms with Gasteiger partial charge in [-0.1, -0.05) is 36.4 Å². The van der Waals surface area contributed by atoms with Gasteiger partial charge in [0.2, 0.25) is 11.8 Å². The summed E-state index contributed by atoms with van der Waals surface area (Å²) in [5.41, 5.74) is 2.33. The van der Waals surface area contributed by atoms with Gasteiger partial charge in [-0.05, 0) is 54.5 Å². The standard InChI is InChI=1S/C29H37N3O3S/c1-2-5-22(6-3-1)21-25-29(32-14-18-34-19-15-32)35-28(30-25)27(31-12-16-33-17-13-31)24-10-8-23(9-11-24)26-7-4-20-36-26/h1-7,20,23-24,27H,8-19,21H2. The molecule has 1 atom stereocenters. The van der Waals surface area contributed by atoms with Gasteiger partial charge in [0.1, 0.15) is 5.69 Å². The van der Waals surface area contributed by atoms with Gasteiger partial charge < -0.3 is 18.8 Å². The highest BCUT2D eigenvalue weighted by Gasteiger charge is 2.38. The predicted octanol–water partition coefficient (Wildman–Crippen LogP) is 5.51. The summed E-state index contributed by atoms with van der Waals surface area (Å²) in [5.74, 6) is 3.11. The third kappa shape index (κ3) is 5.40. The molecule has 3 aromatic rings. The van der Waals surface area contributed by atoms with E-state index in [2.05, 4.69) is 57.6 Å². The van der Waals surface area contributed by atoms with Gasteiger partial charge in [-0.2, -0.15) is 0 Å². The molecule has 1 unspecified atom stereocenters. The first-order valence-electron chi connectivity index (χ1n) is 13.6. The van der Waals surface area contributed by atoms with Crippen molar-refractivity contribution in [2.24, 2.45) is 5.92 Å². The van der Waals surface area contributed by atoms with Crippen LogP contribution in [0.15, 0.2) is 52.3 Å². The van der Waals surface area contributed by atoms with Crippen LogP contribution in [0.4, 0.5) is 5.88 Å². The van der Waals surface area contributed by atoms with E-state index < -0.39 is 0 Å². The number of benzene rings is 1. The Hall–Kier alpha value is -2.19. The summed E-state index contributed by atoms with van der Waals surface area (Å²) in [6.45, 7) is 6.64. The van der Waals surface area contributed by atoms with Gasteiger partial charge in [0.05, 0.1) is 32.5 Å². The predicted molar refractivity (Wildman–Crippen MR) is 143 cm³/mol. The van der Waals surface area contributed by atoms with E-state index in [4.69, 9.17) is 18.9 Å². The molecule has 2 saturated heterocycles. The van der Waals surface area contributed by atoms with Crippen LogP contribution in [0.5, 0.6) is 0 Å². The van der Waals surface area contributed by atoms with Crippen LogP contribution in [0.1, 0.15) is 59.7 Å². The van der Waals surface area contributed by atoms with Gasteiger partial charge in [0.25, 0.3) is 0 Å². The molecule has 6 rings (SSSR count). The van der Waals surface area contributed by atoms with E-state index in [1.54, 1.807) is 4.88 Å². The Morgan fingerprint density at radius 1 is 0.861 bits per heavy atom. The molecule has 1 saturated carbocycles. The van der Waals surface area contributed by atoms with E-state index in [1.165, 1.54) is 31.2 Å². The minimum absolute atomic E-state index is 0.211. The van der Waals surface area contributed by atoms with Gasteiger partial charge in [0, 0.05) is 37.5 Å². The summed E-state index contributed by atoms with van der Waals surface area (Å²) in [7, 11) is 0. The van der Waals surface area contributed by atoms with Crippen LogP contribution in [0.3, 0.4) is 0 Å². The van der Waals surface area contributed by atoms with Gasteiger partial charge in [-0.25, -0.2) is 4.98 Å². The van der Waals surface area contributed by atoms with E-state index in [0.717, 1.165) is 76.5 Å². The van der Waals surface area contributed by atoms with E-state index in [1.807, 2.05) is 11.3 Å². The summed E-state index contributed by atoms with van der Waals surface area (Å²) in [6.07, 6.45) is 5.72. The summed E-state index contributed by atoms with van der Waals surface area (Å²) in [4.78, 5) is 11.7. The third-order valence-electron chi connectivity index (χ3n) is 8.06. The van der Waals surface area contributed by atoms with Crippen molar-refractivity contribution in [3.05, 3.63) is 69.9 Å². The number of ether oxygens (including phenoxy) is 2. The highest BCUT2D eigenvalue weighted by atomic mass is 32.1. The zero-order chi connectivity index (χ0) is 24.2. The summed E-state index contributed by atoms with van der Waals surface area (Å²) >= 11 is 1.91. The Balaban J connectivity index is 1.30. The molecule has 4 heterocycles. The molecule has 192 valence electrons. The van der Waals surface area contributed by atoms with Gasteiger partial charge in [0.15, 0.2) is 0 Å². The SMILES string of the molecule is c1ccc(Cc2nc(C(C3CCC(c4cccs4)CC3)N3CCOCC3)oc2N2CCOCC2)cc1. The van der Waals surface area contributed by atoms with Gasteiger partial charge in [-0.3, -0.25) is 4.90 Å². The number of rotatable bonds is 7. The number of nitrogens with zero attached hydrogens (tertiary/aromatic N) is 3. The topological polar surface area (TPSA) is 51.0 Å². The van der Waals surface area contributed by atoms with Crippen molar-refractivity contribution in [3.63, 3.8) is 0 Å². The van der Waals surface area contributed by atoms with Crippen molar-refractivity contribution in [1.82, 2.24) is 9.88 Å². The lowest BCUT2D eigenvalue weighted by Gasteiger charge is -2.40. The second-order valence-electron chi connectivity index (χ2n) is 10.3. The van der Waals surface area contributed by atoms with Crippen molar-refractivity contribution in [3.8, 4) is 0 Å². The summed E-state index contributed by atoms with van der Waals surface area (Å²) in [5, 5.41) is 2.21. The molecule has 36 heavy (non-hydrogen) atoms. The number of anilines is 1. The second-order valence-corrected chi connectivity index (χ2v) is 11.3. The van der Waals surface area contributed by atoms with E-state index in [-0.39, 0.29) is 6.04 Å². The monoisotopic (exact) mass is 507 g/mol. The van der Waals surface area contributed by atoms with E-state index in [9.17, 15) is 0 Å². The smallest absolute Gasteiger partial charge is 0.220 e. The lowest BCUT2D eigenvalue weighted by molar-refractivity contribution is -0.0113. The Morgan fingerprint density at radius 2 is 1.58 bits per heavy atom. The molecule has 2 aliphatic heterocycles. The van der Waals surface area contributed by atoms with Crippen LogP contribution in [-0.2, 0) is 15.9 Å². The van der Waals surface area contributed by atoms with Crippen LogP contribution >= 0.6 is 11.3 Å². The Morgan fingerprint density at radius 3 is 2.28 bits per heavy atom. The number of aromatic nitrogens is 1. The Labute approximate surface area is 218 Å². The average Bonchev–Trinajstić information content (AvgIpc) is 3.62. The Bertz CT molecular complexity index is 1070. The average molecular weight is 508 g/mol. The molecule has 0 N–H and O–H groups in total. The number of hydrogen-bond acceptors (Lipinski definition) is 7. The molecule has 7 heteroatoms. The van der Waals surface area contributed by atoms with Crippen LogP contribution in [0.25, 0.3) is 0 Å². The first-order chi connectivity index (χ1) is 17.8. The maximum Gasteiger partial charge on any atom is 0.220 e. The maximum absolute atomic E-state index is 6.77. The van der Waals surface area contributed by atoms with Crippen LogP contribution in [0.2, 0.25) is 0 Å². The minimum Gasteiger partial charge on any atom is -0.423 e. The molecule has 1 aliphatic carbocycles. The van der Waals surface area contributed by atoms with Crippen LogP contribution in [-0.4, -0.2) is 62.5 Å². The minimum atomic E-state index is 0.211. The summed E-state index contributed by atoms with van der Waals surface area (Å²) < 4.78 is 18.1. The number of oxazole rings is 1. The van der Waals surface area contributed by atoms with Crippen molar-refractivity contribution in [1.29, 1.82) is 0 Å². The molecule has 6 nitrogen and oxygen atoms in total. The fourth-order valence-corrected chi connectivity index (χ4v) is 7.06. The van der Waals surface area contributed by atoms with Crippen molar-refractivity contribution in [2.75, 3.05) is 57.5 Å².